The Morgan fingerprint density at radius 3 is 2.61 bits per heavy atom. The molecule has 0 bridgehead atoms. The summed E-state index contributed by atoms with van der Waals surface area (Å²) in [6.07, 6.45) is 2.12. The van der Waals surface area contributed by atoms with E-state index in [0.717, 1.165) is 17.0 Å². The van der Waals surface area contributed by atoms with Crippen molar-refractivity contribution in [3.05, 3.63) is 41.7 Å². The fourth-order valence-electron chi connectivity index (χ4n) is 1.64. The van der Waals surface area contributed by atoms with Crippen LogP contribution < -0.4 is 4.74 Å². The SMILES string of the molecule is CC[C@@H](O)c1ccc(OCc2cn(C)nn2)cc1. The summed E-state index contributed by atoms with van der Waals surface area (Å²) in [6.45, 7) is 2.34. The van der Waals surface area contributed by atoms with E-state index in [1.807, 2.05) is 44.4 Å². The molecule has 0 amide bonds. The van der Waals surface area contributed by atoms with Crippen LogP contribution in [0.4, 0.5) is 0 Å². The molecular weight excluding hydrogens is 230 g/mol. The van der Waals surface area contributed by atoms with Crippen molar-refractivity contribution in [2.24, 2.45) is 7.05 Å². The Morgan fingerprint density at radius 2 is 2.06 bits per heavy atom. The molecule has 0 saturated heterocycles. The average molecular weight is 247 g/mol. The van der Waals surface area contributed by atoms with E-state index in [1.54, 1.807) is 4.68 Å². The first-order valence-corrected chi connectivity index (χ1v) is 5.95. The number of benzene rings is 1. The third-order valence-corrected chi connectivity index (χ3v) is 2.69. The third kappa shape index (κ3) is 3.07. The summed E-state index contributed by atoms with van der Waals surface area (Å²) in [5.74, 6) is 0.757. The molecule has 2 aromatic rings. The number of nitrogens with zero attached hydrogens (tertiary/aromatic N) is 3. The Bertz CT molecular complexity index is 493. The number of aryl methyl sites for hydroxylation is 1. The summed E-state index contributed by atoms with van der Waals surface area (Å²) in [4.78, 5) is 0. The topological polar surface area (TPSA) is 60.2 Å². The maximum Gasteiger partial charge on any atom is 0.134 e. The number of rotatable bonds is 5. The molecule has 5 nitrogen and oxygen atoms in total. The van der Waals surface area contributed by atoms with Gasteiger partial charge >= 0.3 is 0 Å². The van der Waals surface area contributed by atoms with E-state index in [-0.39, 0.29) is 0 Å². The molecule has 18 heavy (non-hydrogen) atoms. The quantitative estimate of drug-likeness (QED) is 0.875. The molecule has 1 aromatic heterocycles. The molecule has 0 aliphatic rings. The van der Waals surface area contributed by atoms with E-state index in [1.165, 1.54) is 0 Å². The summed E-state index contributed by atoms with van der Waals surface area (Å²) < 4.78 is 7.21. The van der Waals surface area contributed by atoms with Crippen LogP contribution in [0.3, 0.4) is 0 Å². The maximum absolute atomic E-state index is 9.67. The molecule has 1 heterocycles. The van der Waals surface area contributed by atoms with Crippen LogP contribution in [-0.2, 0) is 13.7 Å². The number of ether oxygens (including phenoxy) is 1. The molecule has 0 unspecified atom stereocenters. The molecule has 0 aliphatic heterocycles. The molecule has 1 N–H and O–H groups in total. The molecule has 0 aliphatic carbocycles. The maximum atomic E-state index is 9.67. The molecule has 0 saturated carbocycles. The smallest absolute Gasteiger partial charge is 0.134 e. The van der Waals surface area contributed by atoms with Crippen LogP contribution in [0.5, 0.6) is 5.75 Å². The van der Waals surface area contributed by atoms with Gasteiger partial charge in [0.15, 0.2) is 0 Å². The van der Waals surface area contributed by atoms with Gasteiger partial charge in [0.25, 0.3) is 0 Å². The van der Waals surface area contributed by atoms with Crippen molar-refractivity contribution in [2.75, 3.05) is 0 Å². The second-order valence-corrected chi connectivity index (χ2v) is 4.17. The predicted molar refractivity (Wildman–Crippen MR) is 67.0 cm³/mol. The van der Waals surface area contributed by atoms with Crippen LogP contribution in [0.15, 0.2) is 30.5 Å². The minimum absolute atomic E-state index is 0.392. The van der Waals surface area contributed by atoms with E-state index in [0.29, 0.717) is 13.0 Å². The van der Waals surface area contributed by atoms with Gasteiger partial charge in [0, 0.05) is 7.05 Å². The molecule has 0 fully saturated rings. The van der Waals surface area contributed by atoms with Gasteiger partial charge in [-0.1, -0.05) is 24.3 Å². The summed E-state index contributed by atoms with van der Waals surface area (Å²) in [5, 5.41) is 17.4. The Labute approximate surface area is 106 Å². The first-order valence-electron chi connectivity index (χ1n) is 5.95. The summed E-state index contributed by atoms with van der Waals surface area (Å²) in [5.41, 5.74) is 1.69. The highest BCUT2D eigenvalue weighted by atomic mass is 16.5. The minimum atomic E-state index is -0.404. The monoisotopic (exact) mass is 247 g/mol. The fraction of sp³-hybridized carbons (Fsp3) is 0.385. The lowest BCUT2D eigenvalue weighted by Gasteiger charge is -2.09. The van der Waals surface area contributed by atoms with Gasteiger partial charge in [0.1, 0.15) is 18.1 Å². The summed E-state index contributed by atoms with van der Waals surface area (Å²) in [6, 6.07) is 7.45. The Balaban J connectivity index is 1.94. The highest BCUT2D eigenvalue weighted by Crippen LogP contribution is 2.20. The first-order chi connectivity index (χ1) is 8.69. The van der Waals surface area contributed by atoms with Crippen LogP contribution in [0.2, 0.25) is 0 Å². The van der Waals surface area contributed by atoms with E-state index in [2.05, 4.69) is 10.3 Å². The fourth-order valence-corrected chi connectivity index (χ4v) is 1.64. The van der Waals surface area contributed by atoms with Gasteiger partial charge in [-0.05, 0) is 24.1 Å². The van der Waals surface area contributed by atoms with Gasteiger partial charge < -0.3 is 9.84 Å². The molecule has 96 valence electrons. The summed E-state index contributed by atoms with van der Waals surface area (Å²) >= 11 is 0. The van der Waals surface area contributed by atoms with Gasteiger partial charge in [-0.2, -0.15) is 0 Å². The zero-order valence-corrected chi connectivity index (χ0v) is 10.6. The van der Waals surface area contributed by atoms with Crippen molar-refractivity contribution in [1.29, 1.82) is 0 Å². The second kappa shape index (κ2) is 5.64. The third-order valence-electron chi connectivity index (χ3n) is 2.69. The van der Waals surface area contributed by atoms with Crippen molar-refractivity contribution >= 4 is 0 Å². The Kier molecular flexibility index (Phi) is 3.94. The normalized spacial score (nSPS) is 12.4. The molecule has 1 aromatic carbocycles. The Hall–Kier alpha value is -1.88. The lowest BCUT2D eigenvalue weighted by Crippen LogP contribution is -1.97. The van der Waals surface area contributed by atoms with Crippen LogP contribution in [-0.4, -0.2) is 20.1 Å². The standard InChI is InChI=1S/C13H17N3O2/c1-3-13(17)10-4-6-12(7-5-10)18-9-11-8-16(2)15-14-11/h4-8,13,17H,3,9H2,1-2H3/t13-/m1/s1. The first kappa shape index (κ1) is 12.6. The second-order valence-electron chi connectivity index (χ2n) is 4.17. The number of aromatic nitrogens is 3. The van der Waals surface area contributed by atoms with E-state index >= 15 is 0 Å². The zero-order valence-electron chi connectivity index (χ0n) is 10.6. The van der Waals surface area contributed by atoms with Gasteiger partial charge in [0.2, 0.25) is 0 Å². The van der Waals surface area contributed by atoms with Gasteiger partial charge in [0.05, 0.1) is 12.3 Å². The van der Waals surface area contributed by atoms with Crippen LogP contribution in [0.1, 0.15) is 30.7 Å². The van der Waals surface area contributed by atoms with Crippen molar-refractivity contribution in [3.8, 4) is 5.75 Å². The van der Waals surface area contributed by atoms with Crippen LogP contribution >= 0.6 is 0 Å². The number of hydrogen-bond donors (Lipinski definition) is 1. The van der Waals surface area contributed by atoms with E-state index in [4.69, 9.17) is 4.74 Å². The molecule has 2 rings (SSSR count). The molecule has 0 radical (unpaired) electrons. The Morgan fingerprint density at radius 1 is 1.33 bits per heavy atom. The van der Waals surface area contributed by atoms with Gasteiger partial charge in [-0.15, -0.1) is 5.10 Å². The molecule has 1 atom stereocenters. The summed E-state index contributed by atoms with van der Waals surface area (Å²) in [7, 11) is 1.82. The van der Waals surface area contributed by atoms with Gasteiger partial charge in [-0.3, -0.25) is 4.68 Å². The van der Waals surface area contributed by atoms with Crippen molar-refractivity contribution in [2.45, 2.75) is 26.1 Å². The lowest BCUT2D eigenvalue weighted by molar-refractivity contribution is 0.173. The highest BCUT2D eigenvalue weighted by Gasteiger charge is 2.05. The van der Waals surface area contributed by atoms with E-state index < -0.39 is 6.10 Å². The van der Waals surface area contributed by atoms with Crippen LogP contribution in [0.25, 0.3) is 0 Å². The number of aliphatic hydroxyl groups is 1. The van der Waals surface area contributed by atoms with Crippen molar-refractivity contribution in [3.63, 3.8) is 0 Å². The average Bonchev–Trinajstić information content (AvgIpc) is 2.82. The van der Waals surface area contributed by atoms with Crippen molar-refractivity contribution in [1.82, 2.24) is 15.0 Å². The van der Waals surface area contributed by atoms with E-state index in [9.17, 15) is 5.11 Å². The number of aliphatic hydroxyl groups excluding tert-OH is 1. The lowest BCUT2D eigenvalue weighted by atomic mass is 10.1. The molecule has 0 spiro atoms. The minimum Gasteiger partial charge on any atom is -0.487 e. The van der Waals surface area contributed by atoms with Crippen LogP contribution in [0, 0.1) is 0 Å². The highest BCUT2D eigenvalue weighted by molar-refractivity contribution is 5.28. The largest absolute Gasteiger partial charge is 0.487 e. The van der Waals surface area contributed by atoms with Crippen molar-refractivity contribution < 1.29 is 9.84 Å². The molecular formula is C13H17N3O2. The predicted octanol–water partition coefficient (Wildman–Crippen LogP) is 1.84. The molecule has 5 heteroatoms. The number of hydrogen-bond acceptors (Lipinski definition) is 4. The van der Waals surface area contributed by atoms with Gasteiger partial charge in [-0.25, -0.2) is 0 Å². The zero-order chi connectivity index (χ0) is 13.0.